The average Bonchev–Trinajstić information content (AvgIpc) is 3.00. The van der Waals surface area contributed by atoms with Gasteiger partial charge in [0.05, 0.1) is 12.2 Å². The van der Waals surface area contributed by atoms with Crippen LogP contribution < -0.4 is 10.1 Å². The number of nitrogens with one attached hydrogen (secondary N) is 1. The van der Waals surface area contributed by atoms with E-state index in [1.165, 1.54) is 0 Å². The van der Waals surface area contributed by atoms with Gasteiger partial charge in [0.2, 0.25) is 11.8 Å². The molecule has 2 aromatic heterocycles. The fourth-order valence-electron chi connectivity index (χ4n) is 1.95. The van der Waals surface area contributed by atoms with E-state index >= 15 is 0 Å². The Bertz CT molecular complexity index is 853. The molecule has 0 spiro atoms. The predicted octanol–water partition coefficient (Wildman–Crippen LogP) is 3.05. The number of hydrogen-bond donors (Lipinski definition) is 1. The largest absolute Gasteiger partial charge is 0.436 e. The number of nitrogens with zero attached hydrogens (tertiary/aromatic N) is 4. The van der Waals surface area contributed by atoms with Crippen LogP contribution >= 0.6 is 0 Å². The first-order valence-corrected chi connectivity index (χ1v) is 6.91. The molecule has 0 aliphatic rings. The van der Waals surface area contributed by atoms with Gasteiger partial charge in [-0.2, -0.15) is 10.2 Å². The minimum atomic E-state index is 0.262. The first-order valence-electron chi connectivity index (χ1n) is 6.91. The summed E-state index contributed by atoms with van der Waals surface area (Å²) in [6.45, 7) is 2.13. The van der Waals surface area contributed by atoms with Crippen LogP contribution in [0.2, 0.25) is 0 Å². The van der Waals surface area contributed by atoms with Crippen LogP contribution in [-0.2, 0) is 6.54 Å². The third-order valence-corrected chi connectivity index (χ3v) is 2.98. The first-order chi connectivity index (χ1) is 11.3. The zero-order valence-electron chi connectivity index (χ0n) is 12.4. The van der Waals surface area contributed by atoms with Crippen molar-refractivity contribution < 1.29 is 9.26 Å². The van der Waals surface area contributed by atoms with E-state index in [9.17, 15) is 0 Å². The normalized spacial score (nSPS) is 10.1. The lowest BCUT2D eigenvalue weighted by molar-refractivity contribution is 0.379. The number of para-hydroxylation sites is 2. The second kappa shape index (κ2) is 6.58. The summed E-state index contributed by atoms with van der Waals surface area (Å²) in [5.41, 5.74) is 1.10. The van der Waals surface area contributed by atoms with Gasteiger partial charge in [-0.15, -0.1) is 0 Å². The minimum Gasteiger partial charge on any atom is -0.436 e. The third-order valence-electron chi connectivity index (χ3n) is 2.98. The maximum absolute atomic E-state index is 9.11. The highest BCUT2D eigenvalue weighted by Crippen LogP contribution is 2.29. The number of nitriles is 1. The van der Waals surface area contributed by atoms with Crippen molar-refractivity contribution in [2.75, 3.05) is 5.32 Å². The van der Waals surface area contributed by atoms with E-state index in [1.807, 2.05) is 18.2 Å². The molecule has 3 rings (SSSR count). The van der Waals surface area contributed by atoms with Crippen LogP contribution in [0.1, 0.15) is 17.3 Å². The molecule has 0 saturated heterocycles. The van der Waals surface area contributed by atoms with Crippen LogP contribution in [0.3, 0.4) is 0 Å². The number of pyridine rings is 1. The van der Waals surface area contributed by atoms with Crippen molar-refractivity contribution in [1.82, 2.24) is 15.1 Å². The Morgan fingerprint density at radius 1 is 1.26 bits per heavy atom. The lowest BCUT2D eigenvalue weighted by atomic mass is 10.2. The van der Waals surface area contributed by atoms with Crippen LogP contribution in [0, 0.1) is 18.3 Å². The van der Waals surface area contributed by atoms with Crippen LogP contribution in [-0.4, -0.2) is 15.1 Å². The van der Waals surface area contributed by atoms with Crippen molar-refractivity contribution in [2.24, 2.45) is 0 Å². The van der Waals surface area contributed by atoms with E-state index < -0.39 is 0 Å². The van der Waals surface area contributed by atoms with Crippen molar-refractivity contribution in [3.63, 3.8) is 0 Å². The number of aryl methyl sites for hydroxylation is 1. The maximum atomic E-state index is 9.11. The topological polar surface area (TPSA) is 96.9 Å². The van der Waals surface area contributed by atoms with Crippen LogP contribution in [0.5, 0.6) is 11.6 Å². The van der Waals surface area contributed by atoms with Gasteiger partial charge in [0.15, 0.2) is 11.6 Å². The summed E-state index contributed by atoms with van der Waals surface area (Å²) in [5.74, 6) is 1.88. The molecule has 3 aromatic rings. The Labute approximate surface area is 132 Å². The van der Waals surface area contributed by atoms with Crippen molar-refractivity contribution in [1.29, 1.82) is 5.26 Å². The standard InChI is InChI=1S/C16H13N5O2/c1-11-20-15(23-21-11)10-19-13-6-2-3-7-14(13)22-16-12(9-17)5-4-8-18-16/h2-8,19H,10H2,1H3. The molecule has 0 amide bonds. The SMILES string of the molecule is Cc1noc(CNc2ccccc2Oc2ncccc2C#N)n1. The summed E-state index contributed by atoms with van der Waals surface area (Å²) in [4.78, 5) is 8.22. The Morgan fingerprint density at radius 3 is 2.91 bits per heavy atom. The predicted molar refractivity (Wildman–Crippen MR) is 81.8 cm³/mol. The van der Waals surface area contributed by atoms with Gasteiger partial charge in [-0.3, -0.25) is 0 Å². The van der Waals surface area contributed by atoms with Gasteiger partial charge in [-0.05, 0) is 31.2 Å². The highest BCUT2D eigenvalue weighted by Gasteiger charge is 2.10. The van der Waals surface area contributed by atoms with E-state index in [2.05, 4.69) is 26.5 Å². The molecule has 1 aromatic carbocycles. The lowest BCUT2D eigenvalue weighted by Crippen LogP contribution is -2.02. The molecule has 0 bridgehead atoms. The molecule has 0 aliphatic heterocycles. The second-order valence-electron chi connectivity index (χ2n) is 4.66. The molecule has 114 valence electrons. The van der Waals surface area contributed by atoms with E-state index in [0.29, 0.717) is 29.6 Å². The Hall–Kier alpha value is -3.40. The molecule has 0 atom stereocenters. The van der Waals surface area contributed by atoms with Crippen molar-refractivity contribution >= 4 is 5.69 Å². The minimum absolute atomic E-state index is 0.262. The molecule has 0 saturated carbocycles. The molecule has 0 unspecified atom stereocenters. The number of ether oxygens (including phenoxy) is 1. The van der Waals surface area contributed by atoms with Crippen LogP contribution in [0.25, 0.3) is 0 Å². The van der Waals surface area contributed by atoms with E-state index in [-0.39, 0.29) is 5.88 Å². The molecule has 0 aliphatic carbocycles. The number of rotatable bonds is 5. The van der Waals surface area contributed by atoms with E-state index in [4.69, 9.17) is 14.5 Å². The van der Waals surface area contributed by atoms with E-state index in [1.54, 1.807) is 31.3 Å². The zero-order chi connectivity index (χ0) is 16.1. The number of hydrogen-bond acceptors (Lipinski definition) is 7. The van der Waals surface area contributed by atoms with Crippen molar-refractivity contribution in [3.05, 3.63) is 59.9 Å². The van der Waals surface area contributed by atoms with E-state index in [0.717, 1.165) is 5.69 Å². The third kappa shape index (κ3) is 3.44. The molecule has 7 nitrogen and oxygen atoms in total. The summed E-state index contributed by atoms with van der Waals surface area (Å²) in [7, 11) is 0. The first kappa shape index (κ1) is 14.5. The molecule has 0 fully saturated rings. The Morgan fingerprint density at radius 2 is 2.13 bits per heavy atom. The smallest absolute Gasteiger partial charge is 0.245 e. The second-order valence-corrected chi connectivity index (χ2v) is 4.66. The summed E-state index contributed by atoms with van der Waals surface area (Å²) < 4.78 is 10.8. The van der Waals surface area contributed by atoms with Gasteiger partial charge < -0.3 is 14.6 Å². The molecular weight excluding hydrogens is 294 g/mol. The zero-order valence-corrected chi connectivity index (χ0v) is 12.4. The number of benzene rings is 1. The summed E-state index contributed by atoms with van der Waals surface area (Å²) in [5, 5.41) is 16.0. The van der Waals surface area contributed by atoms with Gasteiger partial charge in [0.1, 0.15) is 11.6 Å². The van der Waals surface area contributed by atoms with Crippen LogP contribution in [0.4, 0.5) is 5.69 Å². The van der Waals surface area contributed by atoms with Gasteiger partial charge in [-0.1, -0.05) is 17.3 Å². The summed E-state index contributed by atoms with van der Waals surface area (Å²) in [6.07, 6.45) is 1.58. The molecule has 1 N–H and O–H groups in total. The van der Waals surface area contributed by atoms with Gasteiger partial charge >= 0.3 is 0 Å². The molecular formula is C16H13N5O2. The average molecular weight is 307 g/mol. The highest BCUT2D eigenvalue weighted by atomic mass is 16.5. The van der Waals surface area contributed by atoms with Crippen LogP contribution in [0.15, 0.2) is 47.1 Å². The highest BCUT2D eigenvalue weighted by molar-refractivity contribution is 5.57. The Balaban J connectivity index is 1.79. The number of anilines is 1. The van der Waals surface area contributed by atoms with Crippen molar-refractivity contribution in [2.45, 2.75) is 13.5 Å². The fourth-order valence-corrected chi connectivity index (χ4v) is 1.95. The number of aromatic nitrogens is 3. The summed E-state index contributed by atoms with van der Waals surface area (Å²) >= 11 is 0. The molecule has 0 radical (unpaired) electrons. The molecule has 23 heavy (non-hydrogen) atoms. The Kier molecular flexibility index (Phi) is 4.16. The van der Waals surface area contributed by atoms with Gasteiger partial charge in [0.25, 0.3) is 0 Å². The fraction of sp³-hybridized carbons (Fsp3) is 0.125. The van der Waals surface area contributed by atoms with Gasteiger partial charge in [-0.25, -0.2) is 4.98 Å². The molecule has 2 heterocycles. The lowest BCUT2D eigenvalue weighted by Gasteiger charge is -2.11. The monoisotopic (exact) mass is 307 g/mol. The van der Waals surface area contributed by atoms with Crippen molar-refractivity contribution in [3.8, 4) is 17.7 Å². The quantitative estimate of drug-likeness (QED) is 0.773. The maximum Gasteiger partial charge on any atom is 0.245 e. The molecule has 7 heteroatoms. The van der Waals surface area contributed by atoms with Gasteiger partial charge in [0, 0.05) is 6.20 Å². The summed E-state index contributed by atoms with van der Waals surface area (Å²) in [6, 6.07) is 12.8.